The summed E-state index contributed by atoms with van der Waals surface area (Å²) in [6, 6.07) is 6.09. The Hall–Kier alpha value is -1.36. The van der Waals surface area contributed by atoms with Crippen molar-refractivity contribution in [3.8, 4) is 6.07 Å². The molecule has 10 heavy (non-hydrogen) atoms. The lowest BCUT2D eigenvalue weighted by molar-refractivity contribution is 0.623. The Labute approximate surface area is 58.7 Å². The first-order valence-corrected chi connectivity index (χ1v) is 2.76. The maximum atomic E-state index is 12.6. The standard InChI is InChI=1S/C8H5FN/c1-6-3-2-4-8(9)7(6)5-10/h2-4H,1H2. The van der Waals surface area contributed by atoms with Crippen LogP contribution in [0.2, 0.25) is 0 Å². The Kier molecular flexibility index (Phi) is 1.68. The third-order valence-corrected chi connectivity index (χ3v) is 1.21. The summed E-state index contributed by atoms with van der Waals surface area (Å²) in [6.45, 7) is 3.49. The minimum absolute atomic E-state index is 0.0301. The van der Waals surface area contributed by atoms with E-state index in [4.69, 9.17) is 5.26 Å². The van der Waals surface area contributed by atoms with E-state index in [1.807, 2.05) is 0 Å². The van der Waals surface area contributed by atoms with Crippen molar-refractivity contribution in [3.63, 3.8) is 0 Å². The summed E-state index contributed by atoms with van der Waals surface area (Å²) in [4.78, 5) is 0. The fourth-order valence-corrected chi connectivity index (χ4v) is 0.694. The molecule has 1 aromatic carbocycles. The molecule has 0 atom stereocenters. The van der Waals surface area contributed by atoms with Crippen LogP contribution in [0.5, 0.6) is 0 Å². The van der Waals surface area contributed by atoms with Crippen LogP contribution in [0, 0.1) is 24.1 Å². The molecule has 1 aromatic rings. The number of benzene rings is 1. The van der Waals surface area contributed by atoms with Crippen LogP contribution in [0.15, 0.2) is 18.2 Å². The second-order valence-corrected chi connectivity index (χ2v) is 1.89. The topological polar surface area (TPSA) is 23.8 Å². The maximum absolute atomic E-state index is 12.6. The smallest absolute Gasteiger partial charge is 0.141 e. The maximum Gasteiger partial charge on any atom is 0.141 e. The van der Waals surface area contributed by atoms with E-state index < -0.39 is 5.82 Å². The number of rotatable bonds is 0. The highest BCUT2D eigenvalue weighted by molar-refractivity contribution is 5.40. The molecular weight excluding hydrogens is 129 g/mol. The average molecular weight is 134 g/mol. The molecule has 0 saturated heterocycles. The number of halogens is 1. The van der Waals surface area contributed by atoms with Crippen molar-refractivity contribution in [2.24, 2.45) is 0 Å². The van der Waals surface area contributed by atoms with Crippen molar-refractivity contribution in [2.75, 3.05) is 0 Å². The van der Waals surface area contributed by atoms with Gasteiger partial charge < -0.3 is 0 Å². The van der Waals surface area contributed by atoms with E-state index in [0.29, 0.717) is 5.56 Å². The molecule has 0 spiro atoms. The van der Waals surface area contributed by atoms with Crippen LogP contribution in [-0.2, 0) is 0 Å². The van der Waals surface area contributed by atoms with Gasteiger partial charge in [0.05, 0.1) is 5.56 Å². The van der Waals surface area contributed by atoms with Crippen LogP contribution in [0.3, 0.4) is 0 Å². The van der Waals surface area contributed by atoms with Crippen LogP contribution in [0.4, 0.5) is 4.39 Å². The fourth-order valence-electron chi connectivity index (χ4n) is 0.694. The van der Waals surface area contributed by atoms with Crippen LogP contribution in [0.1, 0.15) is 11.1 Å². The minimum atomic E-state index is -0.505. The largest absolute Gasteiger partial charge is 0.206 e. The van der Waals surface area contributed by atoms with Crippen molar-refractivity contribution in [1.29, 1.82) is 5.26 Å². The minimum Gasteiger partial charge on any atom is -0.206 e. The number of nitrogens with zero attached hydrogens (tertiary/aromatic N) is 1. The molecule has 0 fully saturated rings. The van der Waals surface area contributed by atoms with Gasteiger partial charge in [-0.1, -0.05) is 12.1 Å². The number of nitriles is 1. The Balaban J connectivity index is 3.34. The molecule has 0 unspecified atom stereocenters. The first-order chi connectivity index (χ1) is 4.75. The second-order valence-electron chi connectivity index (χ2n) is 1.89. The summed E-state index contributed by atoms with van der Waals surface area (Å²) in [5.41, 5.74) is 0.463. The third kappa shape index (κ3) is 0.985. The van der Waals surface area contributed by atoms with Gasteiger partial charge in [-0.15, -0.1) is 0 Å². The van der Waals surface area contributed by atoms with E-state index in [2.05, 4.69) is 6.92 Å². The first-order valence-electron chi connectivity index (χ1n) is 2.76. The van der Waals surface area contributed by atoms with Gasteiger partial charge in [0.1, 0.15) is 11.9 Å². The van der Waals surface area contributed by atoms with Crippen molar-refractivity contribution >= 4 is 0 Å². The second kappa shape index (κ2) is 2.49. The number of hydrogen-bond acceptors (Lipinski definition) is 1. The quantitative estimate of drug-likeness (QED) is 0.531. The van der Waals surface area contributed by atoms with Crippen molar-refractivity contribution in [3.05, 3.63) is 42.1 Å². The Morgan fingerprint density at radius 2 is 2.20 bits per heavy atom. The molecule has 0 amide bonds. The normalized spacial score (nSPS) is 8.90. The average Bonchev–Trinajstić information content (AvgIpc) is 1.88. The lowest BCUT2D eigenvalue weighted by atomic mass is 10.1. The van der Waals surface area contributed by atoms with Gasteiger partial charge in [0, 0.05) is 0 Å². The summed E-state index contributed by atoms with van der Waals surface area (Å²) in [5.74, 6) is -0.505. The van der Waals surface area contributed by atoms with Gasteiger partial charge in [0.15, 0.2) is 0 Å². The summed E-state index contributed by atoms with van der Waals surface area (Å²) in [6.07, 6.45) is 0. The van der Waals surface area contributed by atoms with Gasteiger partial charge >= 0.3 is 0 Å². The SMILES string of the molecule is [CH2]c1cccc(F)c1C#N. The molecule has 0 aliphatic carbocycles. The highest BCUT2D eigenvalue weighted by Gasteiger charge is 2.01. The van der Waals surface area contributed by atoms with E-state index in [1.165, 1.54) is 12.1 Å². The van der Waals surface area contributed by atoms with Crippen molar-refractivity contribution < 1.29 is 4.39 Å². The van der Waals surface area contributed by atoms with Gasteiger partial charge in [-0.25, -0.2) is 4.39 Å². The summed E-state index contributed by atoms with van der Waals surface area (Å²) in [5, 5.41) is 8.37. The Morgan fingerprint density at radius 1 is 1.50 bits per heavy atom. The molecule has 0 aromatic heterocycles. The summed E-state index contributed by atoms with van der Waals surface area (Å²) in [7, 11) is 0. The lowest BCUT2D eigenvalue weighted by Gasteiger charge is -1.94. The van der Waals surface area contributed by atoms with Gasteiger partial charge in [0.2, 0.25) is 0 Å². The molecule has 0 aliphatic heterocycles. The van der Waals surface area contributed by atoms with Crippen molar-refractivity contribution in [2.45, 2.75) is 0 Å². The zero-order chi connectivity index (χ0) is 7.56. The van der Waals surface area contributed by atoms with E-state index in [9.17, 15) is 4.39 Å². The molecular formula is C8H5FN. The van der Waals surface area contributed by atoms with Crippen LogP contribution in [-0.4, -0.2) is 0 Å². The van der Waals surface area contributed by atoms with E-state index >= 15 is 0 Å². The Morgan fingerprint density at radius 3 is 2.60 bits per heavy atom. The van der Waals surface area contributed by atoms with Gasteiger partial charge in [-0.05, 0) is 18.6 Å². The molecule has 1 nitrogen and oxygen atoms in total. The molecule has 0 saturated carbocycles. The highest BCUT2D eigenvalue weighted by Crippen LogP contribution is 2.09. The molecule has 2 heteroatoms. The molecule has 0 N–H and O–H groups in total. The molecule has 1 radical (unpaired) electrons. The molecule has 0 aliphatic rings. The zero-order valence-corrected chi connectivity index (χ0v) is 5.26. The van der Waals surface area contributed by atoms with Crippen molar-refractivity contribution in [1.82, 2.24) is 0 Å². The summed E-state index contributed by atoms with van der Waals surface area (Å²) < 4.78 is 12.6. The van der Waals surface area contributed by atoms with Crippen LogP contribution in [0.25, 0.3) is 0 Å². The fraction of sp³-hybridized carbons (Fsp3) is 0. The van der Waals surface area contributed by atoms with Crippen LogP contribution >= 0.6 is 0 Å². The zero-order valence-electron chi connectivity index (χ0n) is 5.26. The highest BCUT2D eigenvalue weighted by atomic mass is 19.1. The first kappa shape index (κ1) is 6.76. The number of hydrogen-bond donors (Lipinski definition) is 0. The van der Waals surface area contributed by atoms with E-state index in [0.717, 1.165) is 0 Å². The molecule has 1 rings (SSSR count). The Bertz CT molecular complexity index is 266. The molecule has 49 valence electrons. The predicted molar refractivity (Wildman–Crippen MR) is 35.6 cm³/mol. The van der Waals surface area contributed by atoms with E-state index in [-0.39, 0.29) is 5.56 Å². The van der Waals surface area contributed by atoms with Gasteiger partial charge in [0.25, 0.3) is 0 Å². The molecule has 0 heterocycles. The molecule has 0 bridgehead atoms. The van der Waals surface area contributed by atoms with E-state index in [1.54, 1.807) is 12.1 Å². The van der Waals surface area contributed by atoms with Crippen LogP contribution < -0.4 is 0 Å². The predicted octanol–water partition coefficient (Wildman–Crippen LogP) is 1.88. The lowest BCUT2D eigenvalue weighted by Crippen LogP contribution is -1.86. The van der Waals surface area contributed by atoms with Gasteiger partial charge in [-0.2, -0.15) is 5.26 Å². The monoisotopic (exact) mass is 134 g/mol. The summed E-state index contributed by atoms with van der Waals surface area (Å²) >= 11 is 0. The third-order valence-electron chi connectivity index (χ3n) is 1.21. The van der Waals surface area contributed by atoms with Gasteiger partial charge in [-0.3, -0.25) is 0 Å².